The summed E-state index contributed by atoms with van der Waals surface area (Å²) in [6, 6.07) is 1.11. The third kappa shape index (κ3) is 8.94. The standard InChI is InChI=1S/C16H36N4O/c1-9-17-15(19-12-16(6,7)21-8)18-10-11-20(13(2)3)14(4)5/h13-14H,9-12H2,1-8H3,(H2,17,18,19). The number of methoxy groups -OCH3 is 1. The Labute approximate surface area is 131 Å². The van der Waals surface area contributed by atoms with E-state index in [1.165, 1.54) is 0 Å². The Kier molecular flexibility index (Phi) is 9.62. The summed E-state index contributed by atoms with van der Waals surface area (Å²) < 4.78 is 5.40. The summed E-state index contributed by atoms with van der Waals surface area (Å²) in [7, 11) is 1.72. The lowest BCUT2D eigenvalue weighted by Crippen LogP contribution is -2.45. The van der Waals surface area contributed by atoms with E-state index < -0.39 is 0 Å². The molecule has 0 saturated carbocycles. The molecule has 126 valence electrons. The van der Waals surface area contributed by atoms with E-state index in [9.17, 15) is 0 Å². The molecule has 5 heteroatoms. The highest BCUT2D eigenvalue weighted by Crippen LogP contribution is 2.07. The average Bonchev–Trinajstić information content (AvgIpc) is 2.39. The van der Waals surface area contributed by atoms with Crippen molar-refractivity contribution in [2.75, 3.05) is 33.3 Å². The zero-order valence-electron chi connectivity index (χ0n) is 15.3. The van der Waals surface area contributed by atoms with Gasteiger partial charge in [-0.15, -0.1) is 0 Å². The van der Waals surface area contributed by atoms with Gasteiger partial charge in [0.25, 0.3) is 0 Å². The van der Waals surface area contributed by atoms with Crippen molar-refractivity contribution in [3.8, 4) is 0 Å². The van der Waals surface area contributed by atoms with Crippen LogP contribution in [0.5, 0.6) is 0 Å². The van der Waals surface area contributed by atoms with Crippen molar-refractivity contribution in [1.82, 2.24) is 15.5 Å². The Morgan fingerprint density at radius 2 is 1.71 bits per heavy atom. The third-order valence-electron chi connectivity index (χ3n) is 3.50. The van der Waals surface area contributed by atoms with Crippen molar-refractivity contribution < 1.29 is 4.74 Å². The Hall–Kier alpha value is -0.810. The fourth-order valence-corrected chi connectivity index (χ4v) is 2.09. The summed E-state index contributed by atoms with van der Waals surface area (Å²) in [6.45, 7) is 18.5. The molecule has 0 fully saturated rings. The molecular weight excluding hydrogens is 264 g/mol. The highest BCUT2D eigenvalue weighted by atomic mass is 16.5. The van der Waals surface area contributed by atoms with Crippen molar-refractivity contribution in [2.24, 2.45) is 4.99 Å². The number of guanidine groups is 1. The first-order chi connectivity index (χ1) is 9.73. The van der Waals surface area contributed by atoms with Crippen LogP contribution in [-0.2, 0) is 4.74 Å². The fraction of sp³-hybridized carbons (Fsp3) is 0.938. The summed E-state index contributed by atoms with van der Waals surface area (Å²) in [5, 5.41) is 6.68. The summed E-state index contributed by atoms with van der Waals surface area (Å²) in [5.74, 6) is 0.857. The number of ether oxygens (including phenoxy) is 1. The second-order valence-corrected chi connectivity index (χ2v) is 6.51. The normalized spacial score (nSPS) is 13.4. The van der Waals surface area contributed by atoms with Crippen LogP contribution in [0, 0.1) is 0 Å². The quantitative estimate of drug-likeness (QED) is 0.506. The van der Waals surface area contributed by atoms with Crippen LogP contribution in [0.1, 0.15) is 48.5 Å². The number of nitrogens with one attached hydrogen (secondary N) is 2. The maximum absolute atomic E-state index is 5.40. The van der Waals surface area contributed by atoms with Crippen LogP contribution in [0.3, 0.4) is 0 Å². The predicted octanol–water partition coefficient (Wildman–Crippen LogP) is 2.09. The molecule has 0 aliphatic carbocycles. The molecule has 0 aromatic carbocycles. The Morgan fingerprint density at radius 3 is 2.14 bits per heavy atom. The zero-order chi connectivity index (χ0) is 16.5. The largest absolute Gasteiger partial charge is 0.377 e. The first kappa shape index (κ1) is 20.2. The molecule has 0 amide bonds. The summed E-state index contributed by atoms with van der Waals surface area (Å²) in [6.07, 6.45) is 0. The second kappa shape index (κ2) is 10.0. The molecule has 0 aromatic heterocycles. The second-order valence-electron chi connectivity index (χ2n) is 6.51. The van der Waals surface area contributed by atoms with Crippen molar-refractivity contribution in [3.05, 3.63) is 0 Å². The number of rotatable bonds is 9. The zero-order valence-corrected chi connectivity index (χ0v) is 15.3. The average molecular weight is 300 g/mol. The van der Waals surface area contributed by atoms with E-state index in [4.69, 9.17) is 4.74 Å². The van der Waals surface area contributed by atoms with Gasteiger partial charge in [0.05, 0.1) is 12.1 Å². The van der Waals surface area contributed by atoms with Crippen LogP contribution in [0.2, 0.25) is 0 Å². The lowest BCUT2D eigenvalue weighted by molar-refractivity contribution is 0.0310. The first-order valence-electron chi connectivity index (χ1n) is 8.06. The van der Waals surface area contributed by atoms with Crippen LogP contribution < -0.4 is 10.6 Å². The van der Waals surface area contributed by atoms with Gasteiger partial charge in [0.2, 0.25) is 0 Å². The molecule has 0 atom stereocenters. The van der Waals surface area contributed by atoms with Gasteiger partial charge >= 0.3 is 0 Å². The maximum Gasteiger partial charge on any atom is 0.191 e. The molecule has 0 radical (unpaired) electrons. The first-order valence-corrected chi connectivity index (χ1v) is 8.06. The van der Waals surface area contributed by atoms with Crippen LogP contribution in [0.15, 0.2) is 4.99 Å². The van der Waals surface area contributed by atoms with Crippen molar-refractivity contribution >= 4 is 5.96 Å². The van der Waals surface area contributed by atoms with Gasteiger partial charge in [-0.1, -0.05) is 0 Å². The predicted molar refractivity (Wildman–Crippen MR) is 92.0 cm³/mol. The number of hydrogen-bond donors (Lipinski definition) is 2. The molecule has 0 saturated heterocycles. The molecule has 0 rings (SSSR count). The number of aliphatic imine (C=N–C) groups is 1. The van der Waals surface area contributed by atoms with Gasteiger partial charge < -0.3 is 15.4 Å². The van der Waals surface area contributed by atoms with Gasteiger partial charge in [-0.2, -0.15) is 0 Å². The SMILES string of the molecule is CCNC(=NCC(C)(C)OC)NCCN(C(C)C)C(C)C. The molecule has 0 unspecified atom stereocenters. The highest BCUT2D eigenvalue weighted by molar-refractivity contribution is 5.79. The summed E-state index contributed by atoms with van der Waals surface area (Å²) in [4.78, 5) is 7.06. The van der Waals surface area contributed by atoms with Crippen molar-refractivity contribution in [3.63, 3.8) is 0 Å². The Balaban J connectivity index is 4.42. The van der Waals surface area contributed by atoms with E-state index in [0.717, 1.165) is 25.6 Å². The van der Waals surface area contributed by atoms with Gasteiger partial charge in [0.1, 0.15) is 0 Å². The minimum atomic E-state index is -0.232. The van der Waals surface area contributed by atoms with E-state index >= 15 is 0 Å². The summed E-state index contributed by atoms with van der Waals surface area (Å²) >= 11 is 0. The van der Waals surface area contributed by atoms with E-state index in [1.807, 2.05) is 13.8 Å². The van der Waals surface area contributed by atoms with Gasteiger partial charge in [-0.25, -0.2) is 0 Å². The lowest BCUT2D eigenvalue weighted by Gasteiger charge is -2.30. The van der Waals surface area contributed by atoms with Crippen LogP contribution in [-0.4, -0.2) is 61.8 Å². The molecule has 0 spiro atoms. The smallest absolute Gasteiger partial charge is 0.191 e. The van der Waals surface area contributed by atoms with Crippen LogP contribution in [0.4, 0.5) is 0 Å². The topological polar surface area (TPSA) is 48.9 Å². The molecule has 21 heavy (non-hydrogen) atoms. The third-order valence-corrected chi connectivity index (χ3v) is 3.50. The maximum atomic E-state index is 5.40. The van der Waals surface area contributed by atoms with E-state index in [1.54, 1.807) is 7.11 Å². The molecular formula is C16H36N4O. The Bertz CT molecular complexity index is 293. The van der Waals surface area contributed by atoms with Crippen molar-refractivity contribution in [1.29, 1.82) is 0 Å². The monoisotopic (exact) mass is 300 g/mol. The molecule has 0 aliphatic heterocycles. The summed E-state index contributed by atoms with van der Waals surface area (Å²) in [5.41, 5.74) is -0.232. The van der Waals surface area contributed by atoms with Gasteiger partial charge in [-0.3, -0.25) is 9.89 Å². The number of nitrogens with zero attached hydrogens (tertiary/aromatic N) is 2. The molecule has 2 N–H and O–H groups in total. The fourth-order valence-electron chi connectivity index (χ4n) is 2.09. The number of hydrogen-bond acceptors (Lipinski definition) is 3. The van der Waals surface area contributed by atoms with E-state index in [-0.39, 0.29) is 5.60 Å². The Morgan fingerprint density at radius 1 is 1.14 bits per heavy atom. The molecule has 0 heterocycles. The highest BCUT2D eigenvalue weighted by Gasteiger charge is 2.16. The van der Waals surface area contributed by atoms with E-state index in [0.29, 0.717) is 18.6 Å². The molecule has 0 aliphatic rings. The van der Waals surface area contributed by atoms with Crippen molar-refractivity contribution in [2.45, 2.75) is 66.2 Å². The minimum Gasteiger partial charge on any atom is -0.377 e. The van der Waals surface area contributed by atoms with Crippen LogP contribution in [0.25, 0.3) is 0 Å². The van der Waals surface area contributed by atoms with E-state index in [2.05, 4.69) is 55.1 Å². The minimum absolute atomic E-state index is 0.232. The van der Waals surface area contributed by atoms with Gasteiger partial charge in [0, 0.05) is 38.8 Å². The lowest BCUT2D eigenvalue weighted by atomic mass is 10.1. The van der Waals surface area contributed by atoms with Gasteiger partial charge in [0.15, 0.2) is 5.96 Å². The van der Waals surface area contributed by atoms with Crippen LogP contribution >= 0.6 is 0 Å². The molecule has 5 nitrogen and oxygen atoms in total. The molecule has 0 bridgehead atoms. The van der Waals surface area contributed by atoms with Gasteiger partial charge in [-0.05, 0) is 48.5 Å². The molecule has 0 aromatic rings.